The molecule has 0 amide bonds. The van der Waals surface area contributed by atoms with Crippen molar-refractivity contribution < 1.29 is 18.3 Å². The molecule has 1 aromatic rings. The molecule has 4 nitrogen and oxygen atoms in total. The number of carbonyl (C=O) groups is 1. The van der Waals surface area contributed by atoms with Crippen LogP contribution in [0.4, 0.5) is 0 Å². The molecule has 0 aliphatic heterocycles. The first-order valence-corrected chi connectivity index (χ1v) is 6.72. The molecule has 1 atom stereocenters. The van der Waals surface area contributed by atoms with Crippen molar-refractivity contribution in [2.24, 2.45) is 0 Å². The molecule has 0 radical (unpaired) electrons. The van der Waals surface area contributed by atoms with Crippen LogP contribution >= 0.6 is 0 Å². The fraction of sp³-hybridized carbons (Fsp3) is 0.364. The average molecular weight is 242 g/mol. The summed E-state index contributed by atoms with van der Waals surface area (Å²) in [6.45, 7) is 1.84. The van der Waals surface area contributed by atoms with Crippen molar-refractivity contribution in [1.82, 2.24) is 0 Å². The van der Waals surface area contributed by atoms with Crippen LogP contribution < -0.4 is 0 Å². The number of hydrogen-bond donors (Lipinski definition) is 1. The lowest BCUT2D eigenvalue weighted by molar-refractivity contribution is -0.108. The molecule has 0 aliphatic carbocycles. The SMILES string of the molecule is CC(CC=O)c1ccc(S(C)(=O)=O)c(O)c1. The first-order valence-electron chi connectivity index (χ1n) is 4.83. The molecular weight excluding hydrogens is 228 g/mol. The van der Waals surface area contributed by atoms with Gasteiger partial charge in [0, 0.05) is 12.7 Å². The van der Waals surface area contributed by atoms with Crippen molar-refractivity contribution in [1.29, 1.82) is 0 Å². The number of aldehydes is 1. The number of benzene rings is 1. The topological polar surface area (TPSA) is 71.4 Å². The van der Waals surface area contributed by atoms with Crippen LogP contribution in [0.2, 0.25) is 0 Å². The summed E-state index contributed by atoms with van der Waals surface area (Å²) in [6.07, 6.45) is 2.18. The smallest absolute Gasteiger partial charge is 0.179 e. The highest BCUT2D eigenvalue weighted by Crippen LogP contribution is 2.28. The van der Waals surface area contributed by atoms with E-state index >= 15 is 0 Å². The van der Waals surface area contributed by atoms with E-state index < -0.39 is 9.84 Å². The summed E-state index contributed by atoms with van der Waals surface area (Å²) in [7, 11) is -3.41. The monoisotopic (exact) mass is 242 g/mol. The molecule has 1 aromatic carbocycles. The van der Waals surface area contributed by atoms with Gasteiger partial charge >= 0.3 is 0 Å². The van der Waals surface area contributed by atoms with Crippen LogP contribution in [-0.4, -0.2) is 26.1 Å². The third-order valence-corrected chi connectivity index (χ3v) is 3.55. The molecule has 0 aromatic heterocycles. The van der Waals surface area contributed by atoms with Crippen LogP contribution in [-0.2, 0) is 14.6 Å². The van der Waals surface area contributed by atoms with Crippen LogP contribution in [0.1, 0.15) is 24.8 Å². The fourth-order valence-corrected chi connectivity index (χ4v) is 2.19. The Morgan fingerprint density at radius 1 is 1.44 bits per heavy atom. The Bertz CT molecular complexity index is 491. The van der Waals surface area contributed by atoms with Gasteiger partial charge in [-0.2, -0.15) is 0 Å². The Balaban J connectivity index is 3.14. The van der Waals surface area contributed by atoms with Crippen molar-refractivity contribution in [3.63, 3.8) is 0 Å². The van der Waals surface area contributed by atoms with Gasteiger partial charge in [0.1, 0.15) is 16.9 Å². The molecule has 0 bridgehead atoms. The van der Waals surface area contributed by atoms with E-state index in [4.69, 9.17) is 0 Å². The molecule has 0 aliphatic rings. The molecule has 1 unspecified atom stereocenters. The van der Waals surface area contributed by atoms with E-state index in [0.717, 1.165) is 18.1 Å². The number of carbonyl (C=O) groups excluding carboxylic acids is 1. The molecule has 1 N–H and O–H groups in total. The lowest BCUT2D eigenvalue weighted by atomic mass is 9.98. The number of sulfone groups is 1. The molecule has 0 saturated heterocycles. The van der Waals surface area contributed by atoms with Gasteiger partial charge in [0.2, 0.25) is 0 Å². The van der Waals surface area contributed by atoms with Crippen molar-refractivity contribution in [2.75, 3.05) is 6.26 Å². The summed E-state index contributed by atoms with van der Waals surface area (Å²) >= 11 is 0. The van der Waals surface area contributed by atoms with Gasteiger partial charge < -0.3 is 9.90 Å². The average Bonchev–Trinajstić information content (AvgIpc) is 2.16. The summed E-state index contributed by atoms with van der Waals surface area (Å²) in [5.41, 5.74) is 0.747. The summed E-state index contributed by atoms with van der Waals surface area (Å²) in [6, 6.07) is 4.37. The number of hydrogen-bond acceptors (Lipinski definition) is 4. The van der Waals surface area contributed by atoms with Gasteiger partial charge in [-0.1, -0.05) is 13.0 Å². The van der Waals surface area contributed by atoms with E-state index in [1.54, 1.807) is 6.07 Å². The third-order valence-electron chi connectivity index (χ3n) is 2.40. The van der Waals surface area contributed by atoms with Crippen molar-refractivity contribution in [2.45, 2.75) is 24.2 Å². The van der Waals surface area contributed by atoms with E-state index in [1.807, 2.05) is 6.92 Å². The van der Waals surface area contributed by atoms with Gasteiger partial charge in [0.25, 0.3) is 0 Å². The summed E-state index contributed by atoms with van der Waals surface area (Å²) in [4.78, 5) is 10.3. The van der Waals surface area contributed by atoms with Crippen LogP contribution in [0, 0.1) is 0 Å². The summed E-state index contributed by atoms with van der Waals surface area (Å²) in [5.74, 6) is -0.297. The Labute approximate surface area is 94.8 Å². The van der Waals surface area contributed by atoms with E-state index in [9.17, 15) is 18.3 Å². The highest BCUT2D eigenvalue weighted by Gasteiger charge is 2.14. The minimum atomic E-state index is -3.41. The molecule has 0 spiro atoms. The zero-order valence-electron chi connectivity index (χ0n) is 9.17. The van der Waals surface area contributed by atoms with Crippen LogP contribution in [0.25, 0.3) is 0 Å². The molecule has 1 rings (SSSR count). The van der Waals surface area contributed by atoms with Crippen LogP contribution in [0.15, 0.2) is 23.1 Å². The normalized spacial score (nSPS) is 13.4. The summed E-state index contributed by atoms with van der Waals surface area (Å²) < 4.78 is 22.5. The Kier molecular flexibility index (Phi) is 3.70. The standard InChI is InChI=1S/C11H14O4S/c1-8(5-6-12)9-3-4-11(10(13)7-9)16(2,14)15/h3-4,6-8,13H,5H2,1-2H3. The third kappa shape index (κ3) is 2.82. The van der Waals surface area contributed by atoms with Gasteiger partial charge in [-0.05, 0) is 23.6 Å². The van der Waals surface area contributed by atoms with E-state index in [1.165, 1.54) is 12.1 Å². The molecule has 0 fully saturated rings. The number of phenolic OH excluding ortho intramolecular Hbond substituents is 1. The maximum atomic E-state index is 11.2. The predicted molar refractivity (Wildman–Crippen MR) is 60.3 cm³/mol. The molecule has 88 valence electrons. The maximum Gasteiger partial charge on any atom is 0.179 e. The first-order chi connectivity index (χ1) is 7.36. The van der Waals surface area contributed by atoms with Crippen molar-refractivity contribution in [3.05, 3.63) is 23.8 Å². The highest BCUT2D eigenvalue weighted by atomic mass is 32.2. The second kappa shape index (κ2) is 4.65. The fourth-order valence-electron chi connectivity index (χ4n) is 1.43. The molecule has 16 heavy (non-hydrogen) atoms. The molecule has 0 saturated carbocycles. The van der Waals surface area contributed by atoms with Gasteiger partial charge in [-0.3, -0.25) is 0 Å². The minimum Gasteiger partial charge on any atom is -0.507 e. The van der Waals surface area contributed by atoms with Crippen molar-refractivity contribution >= 4 is 16.1 Å². The van der Waals surface area contributed by atoms with Gasteiger partial charge in [-0.25, -0.2) is 8.42 Å². The number of aromatic hydroxyl groups is 1. The zero-order valence-corrected chi connectivity index (χ0v) is 9.99. The van der Waals surface area contributed by atoms with Crippen LogP contribution in [0.5, 0.6) is 5.75 Å². The summed E-state index contributed by atoms with van der Waals surface area (Å²) in [5, 5.41) is 9.58. The zero-order chi connectivity index (χ0) is 12.3. The second-order valence-corrected chi connectivity index (χ2v) is 5.79. The maximum absolute atomic E-state index is 11.2. The van der Waals surface area contributed by atoms with E-state index in [-0.39, 0.29) is 16.6 Å². The van der Waals surface area contributed by atoms with Gasteiger partial charge in [0.15, 0.2) is 9.84 Å². The first kappa shape index (κ1) is 12.7. The lowest BCUT2D eigenvalue weighted by Gasteiger charge is -2.10. The molecule has 5 heteroatoms. The second-order valence-electron chi connectivity index (χ2n) is 3.80. The Hall–Kier alpha value is -1.36. The minimum absolute atomic E-state index is 0.0305. The van der Waals surface area contributed by atoms with Crippen LogP contribution in [0.3, 0.4) is 0 Å². The van der Waals surface area contributed by atoms with E-state index in [0.29, 0.717) is 6.42 Å². The predicted octanol–water partition coefficient (Wildman–Crippen LogP) is 1.49. The highest BCUT2D eigenvalue weighted by molar-refractivity contribution is 7.90. The quantitative estimate of drug-likeness (QED) is 0.812. The Morgan fingerprint density at radius 3 is 2.50 bits per heavy atom. The number of phenols is 1. The van der Waals surface area contributed by atoms with Crippen molar-refractivity contribution in [3.8, 4) is 5.75 Å². The Morgan fingerprint density at radius 2 is 2.06 bits per heavy atom. The van der Waals surface area contributed by atoms with Gasteiger partial charge in [0.05, 0.1) is 0 Å². The molecular formula is C11H14O4S. The number of rotatable bonds is 4. The largest absolute Gasteiger partial charge is 0.507 e. The lowest BCUT2D eigenvalue weighted by Crippen LogP contribution is -2.00. The van der Waals surface area contributed by atoms with E-state index in [2.05, 4.69) is 0 Å². The van der Waals surface area contributed by atoms with Gasteiger partial charge in [-0.15, -0.1) is 0 Å². The molecule has 0 heterocycles.